The molecule has 1 aliphatic carbocycles. The maximum atomic E-state index is 12.0. The van der Waals surface area contributed by atoms with E-state index in [0.717, 1.165) is 5.06 Å². The van der Waals surface area contributed by atoms with Crippen LogP contribution in [0.3, 0.4) is 0 Å². The van der Waals surface area contributed by atoms with Crippen molar-refractivity contribution in [3.05, 3.63) is 23.4 Å². The number of fused-ring (bicyclic) bond motifs is 1. The summed E-state index contributed by atoms with van der Waals surface area (Å²) in [6.45, 7) is 0.952. The Balaban J connectivity index is 1.78. The Bertz CT molecular complexity index is 489. The molecule has 0 amide bonds. The van der Waals surface area contributed by atoms with E-state index >= 15 is 0 Å². The number of hydroxylamine groups is 1. The van der Waals surface area contributed by atoms with Crippen LogP contribution in [0.2, 0.25) is 0 Å². The molecule has 1 saturated carbocycles. The Hall–Kier alpha value is -1.95. The summed E-state index contributed by atoms with van der Waals surface area (Å²) in [7, 11) is 0. The average molecular weight is 250 g/mol. The topological polar surface area (TPSA) is 82.1 Å². The zero-order valence-electron chi connectivity index (χ0n) is 9.54. The number of anilines is 1. The Morgan fingerprint density at radius 1 is 1.33 bits per heavy atom. The Labute approximate surface area is 103 Å². The summed E-state index contributed by atoms with van der Waals surface area (Å²) < 4.78 is 10.7. The third-order valence-electron chi connectivity index (χ3n) is 3.16. The first kappa shape index (κ1) is 11.2. The fraction of sp³-hybridized carbons (Fsp3) is 0.417. The van der Waals surface area contributed by atoms with E-state index in [1.54, 1.807) is 18.2 Å². The third-order valence-corrected chi connectivity index (χ3v) is 3.16. The maximum Gasteiger partial charge on any atom is 0.308 e. The van der Waals surface area contributed by atoms with Crippen molar-refractivity contribution >= 4 is 11.7 Å². The minimum Gasteiger partial charge on any atom is -0.758 e. The van der Waals surface area contributed by atoms with E-state index in [2.05, 4.69) is 0 Å². The molecule has 2 atom stereocenters. The molecule has 0 unspecified atom stereocenters. The number of hydrogen-bond donors (Lipinski definition) is 1. The second kappa shape index (κ2) is 4.06. The zero-order valence-corrected chi connectivity index (χ0v) is 9.54. The number of hydrogen-bond acceptors (Lipinski definition) is 5. The van der Waals surface area contributed by atoms with Crippen LogP contribution in [0.4, 0.5) is 5.69 Å². The molecule has 18 heavy (non-hydrogen) atoms. The quantitative estimate of drug-likeness (QED) is 0.812. The number of carboxylic acids is 1. The highest BCUT2D eigenvalue weighted by atomic mass is 16.6. The highest BCUT2D eigenvalue weighted by molar-refractivity contribution is 5.76. The summed E-state index contributed by atoms with van der Waals surface area (Å²) in [5, 5.41) is 21.5. The molecule has 1 aliphatic heterocycles. The van der Waals surface area contributed by atoms with Crippen LogP contribution in [-0.4, -0.2) is 30.3 Å². The van der Waals surface area contributed by atoms with Crippen molar-refractivity contribution in [2.24, 2.45) is 5.92 Å². The summed E-state index contributed by atoms with van der Waals surface area (Å²) in [5.74, 6) is -0.329. The Morgan fingerprint density at radius 2 is 2.06 bits per heavy atom. The van der Waals surface area contributed by atoms with Crippen LogP contribution in [0.15, 0.2) is 18.2 Å². The van der Waals surface area contributed by atoms with Crippen molar-refractivity contribution in [3.8, 4) is 11.5 Å². The number of ether oxygens (including phenoxy) is 2. The van der Waals surface area contributed by atoms with Crippen LogP contribution in [0.25, 0.3) is 0 Å². The van der Waals surface area contributed by atoms with Gasteiger partial charge in [0.1, 0.15) is 13.2 Å². The summed E-state index contributed by atoms with van der Waals surface area (Å²) in [6.07, 6.45) is 0.396. The zero-order chi connectivity index (χ0) is 12.7. The van der Waals surface area contributed by atoms with Gasteiger partial charge in [0.15, 0.2) is 11.5 Å². The third kappa shape index (κ3) is 1.84. The maximum absolute atomic E-state index is 12.0. The van der Waals surface area contributed by atoms with Gasteiger partial charge in [0.05, 0.1) is 5.92 Å². The average Bonchev–Trinajstić information content (AvgIpc) is 3.17. The second-order valence-corrected chi connectivity index (χ2v) is 4.40. The normalized spacial score (nSPS) is 24.5. The summed E-state index contributed by atoms with van der Waals surface area (Å²) in [6, 6.07) is 4.42. The van der Waals surface area contributed by atoms with E-state index in [-0.39, 0.29) is 0 Å². The molecule has 3 rings (SSSR count). The predicted molar refractivity (Wildman–Crippen MR) is 62.8 cm³/mol. The van der Waals surface area contributed by atoms with Crippen LogP contribution in [0.5, 0.6) is 11.5 Å². The number of aliphatic carboxylic acids is 1. The predicted octanol–water partition coefficient (Wildman–Crippen LogP) is 1.24. The second-order valence-electron chi connectivity index (χ2n) is 4.40. The molecule has 6 nitrogen and oxygen atoms in total. The minimum atomic E-state index is -0.918. The lowest BCUT2D eigenvalue weighted by Gasteiger charge is -2.32. The number of carboxylic acid groups (broad SMARTS) is 1. The van der Waals surface area contributed by atoms with Crippen molar-refractivity contribution in [2.75, 3.05) is 18.3 Å². The number of carbonyl (C=O) groups is 1. The highest BCUT2D eigenvalue weighted by Crippen LogP contribution is 2.41. The molecule has 0 radical (unpaired) electrons. The van der Waals surface area contributed by atoms with Crippen molar-refractivity contribution < 1.29 is 19.4 Å². The standard InChI is InChI=1S/C12H12NO5/c14-12(15)8-6-9(8)13(16)7-1-2-10-11(5-7)18-4-3-17-10/h1-2,5,8-9H,3-4,6H2,(H,14,15)/q-1/t8-,9-/m0/s1. The first-order valence-corrected chi connectivity index (χ1v) is 5.75. The van der Waals surface area contributed by atoms with Crippen LogP contribution < -0.4 is 14.5 Å². The molecule has 1 heterocycles. The SMILES string of the molecule is O=C(O)[C@H]1C[C@@H]1N([O-])c1ccc2c(c1)OCCO2. The van der Waals surface area contributed by atoms with E-state index in [4.69, 9.17) is 14.6 Å². The summed E-state index contributed by atoms with van der Waals surface area (Å²) in [4.78, 5) is 10.7. The van der Waals surface area contributed by atoms with Gasteiger partial charge in [-0.3, -0.25) is 4.79 Å². The van der Waals surface area contributed by atoms with Gasteiger partial charge in [-0.2, -0.15) is 0 Å². The fourth-order valence-corrected chi connectivity index (χ4v) is 2.07. The van der Waals surface area contributed by atoms with Crippen molar-refractivity contribution in [2.45, 2.75) is 12.5 Å². The molecule has 96 valence electrons. The monoisotopic (exact) mass is 250 g/mol. The van der Waals surface area contributed by atoms with Gasteiger partial charge in [-0.1, -0.05) is 0 Å². The number of nitrogens with zero attached hydrogens (tertiary/aromatic N) is 1. The van der Waals surface area contributed by atoms with Gasteiger partial charge in [-0.15, -0.1) is 0 Å². The van der Waals surface area contributed by atoms with Crippen molar-refractivity contribution in [3.63, 3.8) is 0 Å². The highest BCUT2D eigenvalue weighted by Gasteiger charge is 2.44. The van der Waals surface area contributed by atoms with E-state index in [1.165, 1.54) is 0 Å². The van der Waals surface area contributed by atoms with Gasteiger partial charge in [0.25, 0.3) is 0 Å². The summed E-state index contributed by atoms with van der Waals surface area (Å²) >= 11 is 0. The van der Waals surface area contributed by atoms with Gasteiger partial charge >= 0.3 is 5.97 Å². The number of rotatable bonds is 3. The van der Waals surface area contributed by atoms with Gasteiger partial charge < -0.3 is 24.9 Å². The molecule has 6 heteroatoms. The molecule has 1 aromatic rings. The molecular formula is C12H12NO5-. The first-order chi connectivity index (χ1) is 8.66. The van der Waals surface area contributed by atoms with Crippen molar-refractivity contribution in [1.29, 1.82) is 0 Å². The van der Waals surface area contributed by atoms with Crippen LogP contribution in [-0.2, 0) is 4.79 Å². The molecule has 1 aromatic carbocycles. The minimum absolute atomic E-state index is 0.396. The lowest BCUT2D eigenvalue weighted by atomic mass is 10.2. The van der Waals surface area contributed by atoms with Crippen LogP contribution >= 0.6 is 0 Å². The molecule has 1 fully saturated rings. The van der Waals surface area contributed by atoms with Gasteiger partial charge in [-0.25, -0.2) is 0 Å². The van der Waals surface area contributed by atoms with E-state index in [9.17, 15) is 10.0 Å². The van der Waals surface area contributed by atoms with Gasteiger partial charge in [-0.05, 0) is 18.6 Å². The van der Waals surface area contributed by atoms with E-state index in [0.29, 0.717) is 36.8 Å². The molecule has 0 spiro atoms. The van der Waals surface area contributed by atoms with Gasteiger partial charge in [0, 0.05) is 17.8 Å². The Morgan fingerprint density at radius 3 is 2.72 bits per heavy atom. The molecule has 0 aromatic heterocycles. The summed E-state index contributed by atoms with van der Waals surface area (Å²) in [5.41, 5.74) is 0.410. The smallest absolute Gasteiger partial charge is 0.308 e. The largest absolute Gasteiger partial charge is 0.758 e. The van der Waals surface area contributed by atoms with E-state index in [1.807, 2.05) is 0 Å². The Kier molecular flexibility index (Phi) is 2.52. The van der Waals surface area contributed by atoms with Crippen LogP contribution in [0.1, 0.15) is 6.42 Å². The molecule has 1 N–H and O–H groups in total. The molecule has 2 aliphatic rings. The lowest BCUT2D eigenvalue weighted by molar-refractivity contribution is -0.138. The molecule has 0 bridgehead atoms. The fourth-order valence-electron chi connectivity index (χ4n) is 2.07. The lowest BCUT2D eigenvalue weighted by Crippen LogP contribution is -2.22. The van der Waals surface area contributed by atoms with Crippen LogP contribution in [0, 0.1) is 11.1 Å². The first-order valence-electron chi connectivity index (χ1n) is 5.75. The number of benzene rings is 1. The van der Waals surface area contributed by atoms with Gasteiger partial charge in [0.2, 0.25) is 0 Å². The van der Waals surface area contributed by atoms with E-state index < -0.39 is 17.9 Å². The molecule has 0 saturated heterocycles. The molecular weight excluding hydrogens is 238 g/mol. The van der Waals surface area contributed by atoms with Crippen molar-refractivity contribution in [1.82, 2.24) is 0 Å².